The van der Waals surface area contributed by atoms with Crippen molar-refractivity contribution in [2.24, 2.45) is 0 Å². The number of hydrogen-bond acceptors (Lipinski definition) is 5. The van der Waals surface area contributed by atoms with Gasteiger partial charge in [-0.15, -0.1) is 11.3 Å². The third-order valence-corrected chi connectivity index (χ3v) is 4.79. The van der Waals surface area contributed by atoms with Crippen LogP contribution in [0.4, 0.5) is 5.95 Å². The van der Waals surface area contributed by atoms with Crippen LogP contribution in [0.15, 0.2) is 42.7 Å². The van der Waals surface area contributed by atoms with Gasteiger partial charge in [0.05, 0.1) is 16.3 Å². The van der Waals surface area contributed by atoms with Gasteiger partial charge in [0.1, 0.15) is 5.01 Å². The molecule has 0 amide bonds. The summed E-state index contributed by atoms with van der Waals surface area (Å²) in [4.78, 5) is 15.8. The summed E-state index contributed by atoms with van der Waals surface area (Å²) in [5.41, 5.74) is 1.09. The summed E-state index contributed by atoms with van der Waals surface area (Å²) in [6.07, 6.45) is 5.89. The topological polar surface area (TPSA) is 41.9 Å². The minimum Gasteiger partial charge on any atom is -0.331 e. The predicted molar refractivity (Wildman–Crippen MR) is 81.0 cm³/mol. The molecule has 2 aromatic heterocycles. The predicted octanol–water partition coefficient (Wildman–Crippen LogP) is 3.43. The Bertz CT molecular complexity index is 692. The summed E-state index contributed by atoms with van der Waals surface area (Å²) < 4.78 is 1.25. The lowest BCUT2D eigenvalue weighted by Gasteiger charge is -2.22. The number of anilines is 1. The van der Waals surface area contributed by atoms with Crippen molar-refractivity contribution in [3.05, 3.63) is 47.7 Å². The van der Waals surface area contributed by atoms with Gasteiger partial charge in [-0.3, -0.25) is 0 Å². The molecule has 0 saturated carbocycles. The summed E-state index contributed by atoms with van der Waals surface area (Å²) in [7, 11) is 0. The number of fused-ring (bicyclic) bond motifs is 1. The molecule has 4 nitrogen and oxygen atoms in total. The maximum Gasteiger partial charge on any atom is 0.225 e. The highest BCUT2D eigenvalue weighted by molar-refractivity contribution is 7.18. The Balaban J connectivity index is 1.73. The maximum atomic E-state index is 4.79. The Morgan fingerprint density at radius 3 is 2.80 bits per heavy atom. The Morgan fingerprint density at radius 1 is 1.10 bits per heavy atom. The number of benzene rings is 1. The molecule has 0 radical (unpaired) electrons. The van der Waals surface area contributed by atoms with Gasteiger partial charge in [-0.2, -0.15) is 0 Å². The first-order chi connectivity index (χ1) is 9.92. The normalized spacial score (nSPS) is 18.8. The monoisotopic (exact) mass is 282 g/mol. The molecule has 3 aromatic rings. The van der Waals surface area contributed by atoms with Crippen LogP contribution in [-0.4, -0.2) is 21.5 Å². The van der Waals surface area contributed by atoms with E-state index in [1.807, 2.05) is 12.1 Å². The first-order valence-electron chi connectivity index (χ1n) is 6.81. The smallest absolute Gasteiger partial charge is 0.225 e. The first kappa shape index (κ1) is 11.8. The van der Waals surface area contributed by atoms with Crippen LogP contribution < -0.4 is 4.90 Å². The molecule has 20 heavy (non-hydrogen) atoms. The summed E-state index contributed by atoms with van der Waals surface area (Å²) in [6, 6.07) is 10.5. The van der Waals surface area contributed by atoms with E-state index < -0.39 is 0 Å². The summed E-state index contributed by atoms with van der Waals surface area (Å²) in [5.74, 6) is 0.814. The van der Waals surface area contributed by atoms with Gasteiger partial charge in [0.2, 0.25) is 5.95 Å². The molecular formula is C15H14N4S. The van der Waals surface area contributed by atoms with Gasteiger partial charge in [0.15, 0.2) is 0 Å². The molecule has 3 heterocycles. The lowest BCUT2D eigenvalue weighted by molar-refractivity contribution is 0.698. The molecule has 1 fully saturated rings. The second-order valence-corrected chi connectivity index (χ2v) is 5.98. The number of thiazole rings is 1. The molecule has 0 N–H and O–H groups in total. The standard InChI is InChI=1S/C15H14N4S/c1-2-7-13-11(5-1)18-14(20-13)12-6-3-10-19(12)15-16-8-4-9-17-15/h1-2,4-5,7-9,12H,3,6,10H2/t12-/m1/s1. The molecular weight excluding hydrogens is 268 g/mol. The molecule has 0 spiro atoms. The van der Waals surface area contributed by atoms with Crippen molar-refractivity contribution < 1.29 is 0 Å². The SMILES string of the molecule is c1cnc(N2CCC[C@@H]2c2nc3ccccc3s2)nc1. The van der Waals surface area contributed by atoms with Crippen molar-refractivity contribution in [2.75, 3.05) is 11.4 Å². The Hall–Kier alpha value is -2.01. The van der Waals surface area contributed by atoms with E-state index >= 15 is 0 Å². The van der Waals surface area contributed by atoms with E-state index in [-0.39, 0.29) is 0 Å². The highest BCUT2D eigenvalue weighted by Gasteiger charge is 2.30. The van der Waals surface area contributed by atoms with Crippen LogP contribution in [0.1, 0.15) is 23.9 Å². The van der Waals surface area contributed by atoms with Gasteiger partial charge >= 0.3 is 0 Å². The molecule has 1 saturated heterocycles. The summed E-state index contributed by atoms with van der Waals surface area (Å²) >= 11 is 1.78. The zero-order chi connectivity index (χ0) is 13.4. The molecule has 0 unspecified atom stereocenters. The van der Waals surface area contributed by atoms with Gasteiger partial charge in [-0.25, -0.2) is 15.0 Å². The molecule has 1 aliphatic rings. The summed E-state index contributed by atoms with van der Waals surface area (Å²) in [6.45, 7) is 1.00. The molecule has 1 aromatic carbocycles. The molecule has 5 heteroatoms. The van der Waals surface area contributed by atoms with E-state index in [9.17, 15) is 0 Å². The van der Waals surface area contributed by atoms with Gasteiger partial charge in [0.25, 0.3) is 0 Å². The highest BCUT2D eigenvalue weighted by Crippen LogP contribution is 2.37. The first-order valence-corrected chi connectivity index (χ1v) is 7.62. The molecule has 1 atom stereocenters. The highest BCUT2D eigenvalue weighted by atomic mass is 32.1. The second-order valence-electron chi connectivity index (χ2n) is 4.92. The van der Waals surface area contributed by atoms with Crippen LogP contribution in [0.2, 0.25) is 0 Å². The number of aromatic nitrogens is 3. The van der Waals surface area contributed by atoms with Crippen LogP contribution in [0.25, 0.3) is 10.2 Å². The van der Waals surface area contributed by atoms with E-state index in [2.05, 4.69) is 33.1 Å². The Labute approximate surface area is 121 Å². The number of para-hydroxylation sites is 1. The van der Waals surface area contributed by atoms with Gasteiger partial charge in [-0.1, -0.05) is 12.1 Å². The quantitative estimate of drug-likeness (QED) is 0.722. The van der Waals surface area contributed by atoms with Crippen LogP contribution in [0.5, 0.6) is 0 Å². The lowest BCUT2D eigenvalue weighted by Crippen LogP contribution is -2.24. The van der Waals surface area contributed by atoms with Crippen LogP contribution in [0, 0.1) is 0 Å². The Kier molecular flexibility index (Phi) is 2.85. The van der Waals surface area contributed by atoms with E-state index in [0.29, 0.717) is 6.04 Å². The van der Waals surface area contributed by atoms with Crippen molar-refractivity contribution in [1.29, 1.82) is 0 Å². The molecule has 1 aliphatic heterocycles. The zero-order valence-corrected chi connectivity index (χ0v) is 11.8. The van der Waals surface area contributed by atoms with E-state index in [4.69, 9.17) is 4.98 Å². The molecule has 0 bridgehead atoms. The largest absolute Gasteiger partial charge is 0.331 e. The average molecular weight is 282 g/mol. The minimum atomic E-state index is 0.315. The number of nitrogens with zero attached hydrogens (tertiary/aromatic N) is 4. The van der Waals surface area contributed by atoms with E-state index in [1.165, 1.54) is 16.1 Å². The second kappa shape index (κ2) is 4.83. The van der Waals surface area contributed by atoms with Gasteiger partial charge < -0.3 is 4.90 Å². The average Bonchev–Trinajstić information content (AvgIpc) is 3.14. The third kappa shape index (κ3) is 1.94. The number of hydrogen-bond donors (Lipinski definition) is 0. The van der Waals surface area contributed by atoms with Gasteiger partial charge in [0, 0.05) is 18.9 Å². The molecule has 100 valence electrons. The van der Waals surface area contributed by atoms with E-state index in [1.54, 1.807) is 23.7 Å². The summed E-state index contributed by atoms with van der Waals surface area (Å²) in [5, 5.41) is 1.18. The van der Waals surface area contributed by atoms with Crippen molar-refractivity contribution in [2.45, 2.75) is 18.9 Å². The van der Waals surface area contributed by atoms with Gasteiger partial charge in [-0.05, 0) is 31.0 Å². The maximum absolute atomic E-state index is 4.79. The lowest BCUT2D eigenvalue weighted by atomic mass is 10.2. The van der Waals surface area contributed by atoms with Crippen molar-refractivity contribution in [1.82, 2.24) is 15.0 Å². The zero-order valence-electron chi connectivity index (χ0n) is 10.9. The van der Waals surface area contributed by atoms with Crippen molar-refractivity contribution in [3.8, 4) is 0 Å². The van der Waals surface area contributed by atoms with Crippen LogP contribution >= 0.6 is 11.3 Å². The fourth-order valence-corrected chi connectivity index (χ4v) is 3.85. The van der Waals surface area contributed by atoms with Crippen LogP contribution in [0.3, 0.4) is 0 Å². The van der Waals surface area contributed by atoms with Crippen molar-refractivity contribution in [3.63, 3.8) is 0 Å². The minimum absolute atomic E-state index is 0.315. The van der Waals surface area contributed by atoms with Crippen LogP contribution in [-0.2, 0) is 0 Å². The molecule has 0 aliphatic carbocycles. The molecule has 4 rings (SSSR count). The van der Waals surface area contributed by atoms with E-state index in [0.717, 1.165) is 24.4 Å². The fourth-order valence-electron chi connectivity index (χ4n) is 2.73. The Morgan fingerprint density at radius 2 is 1.95 bits per heavy atom. The number of rotatable bonds is 2. The van der Waals surface area contributed by atoms with Crippen molar-refractivity contribution >= 4 is 27.5 Å². The third-order valence-electron chi connectivity index (χ3n) is 3.66. The fraction of sp³-hybridized carbons (Fsp3) is 0.267.